The van der Waals surface area contributed by atoms with Crippen molar-refractivity contribution >= 4 is 104 Å². The molecule has 75 heavy (non-hydrogen) atoms. The van der Waals surface area contributed by atoms with Gasteiger partial charge < -0.3 is 75.5 Å². The second-order valence-electron chi connectivity index (χ2n) is 16.9. The molecule has 432 valence electrons. The lowest BCUT2D eigenvalue weighted by atomic mass is 10.0. The van der Waals surface area contributed by atoms with Gasteiger partial charge in [0.15, 0.2) is 0 Å². The Morgan fingerprint density at radius 1 is 0.560 bits per heavy atom. The largest absolute Gasteiger partial charge is 0.481 e. The molecule has 0 aromatic carbocycles. The van der Waals surface area contributed by atoms with E-state index in [1.165, 1.54) is 6.92 Å². The molecule has 1 heterocycles. The quantitative estimate of drug-likeness (QED) is 0.0813. The molecule has 1 rings (SSSR count). The topological polar surface area (TPSA) is 458 Å². The molecule has 28 nitrogen and oxygen atoms in total. The number of carbonyl (C=O) groups excluding carboxylic acids is 13. The second-order valence-corrected chi connectivity index (χ2v) is 19.5. The van der Waals surface area contributed by atoms with Crippen LogP contribution in [0.25, 0.3) is 0 Å². The molecule has 0 spiro atoms. The molecule has 1 aliphatic rings. The monoisotopic (exact) mass is 1110 g/mol. The number of amides is 13. The van der Waals surface area contributed by atoms with Crippen LogP contribution in [0.5, 0.6) is 0 Å². The molecule has 0 aromatic heterocycles. The van der Waals surface area contributed by atoms with Gasteiger partial charge >= 0.3 is 5.97 Å². The van der Waals surface area contributed by atoms with E-state index in [-0.39, 0.29) is 73.3 Å². The van der Waals surface area contributed by atoms with Crippen LogP contribution in [0.1, 0.15) is 117 Å². The fourth-order valence-corrected chi connectivity index (χ4v) is 8.52. The molecule has 1 saturated heterocycles. The third-order valence-electron chi connectivity index (χ3n) is 9.59. The van der Waals surface area contributed by atoms with Crippen molar-refractivity contribution in [1.82, 2.24) is 53.2 Å². The van der Waals surface area contributed by atoms with Gasteiger partial charge in [-0.2, -0.15) is 0 Å². The maximum atomic E-state index is 13.8. The van der Waals surface area contributed by atoms with Crippen LogP contribution in [0.3, 0.4) is 0 Å². The molecule has 0 saturated carbocycles. The van der Waals surface area contributed by atoms with Crippen LogP contribution >= 0.6 is 21.6 Å². The van der Waals surface area contributed by atoms with Crippen molar-refractivity contribution in [2.75, 3.05) is 24.6 Å². The summed E-state index contributed by atoms with van der Waals surface area (Å²) in [5.41, 5.74) is 16.1. The summed E-state index contributed by atoms with van der Waals surface area (Å²) in [5, 5.41) is 33.0. The number of nitrogens with two attached hydrogens (primary N) is 3. The third-order valence-corrected chi connectivity index (χ3v) is 12.0. The summed E-state index contributed by atoms with van der Waals surface area (Å²) in [6, 6.07) is -12.1. The molecule has 8 unspecified atom stereocenters. The number of rotatable bonds is 13. The van der Waals surface area contributed by atoms with Crippen molar-refractivity contribution in [3.63, 3.8) is 0 Å². The lowest BCUT2D eigenvalue weighted by Gasteiger charge is -2.27. The van der Waals surface area contributed by atoms with E-state index in [1.54, 1.807) is 27.7 Å². The summed E-state index contributed by atoms with van der Waals surface area (Å²) >= 11 is 0. The molecule has 0 aromatic rings. The fourth-order valence-electron chi connectivity index (χ4n) is 6.18. The smallest absolute Gasteiger partial charge is 0.305 e. The van der Waals surface area contributed by atoms with Crippen molar-refractivity contribution in [3.05, 3.63) is 0 Å². The highest BCUT2D eigenvalue weighted by atomic mass is 33.1. The third kappa shape index (κ3) is 31.6. The van der Waals surface area contributed by atoms with Gasteiger partial charge in [0, 0.05) is 24.9 Å². The molecule has 0 radical (unpaired) electrons. The Balaban J connectivity index is -0.00000327. The highest BCUT2D eigenvalue weighted by Crippen LogP contribution is 2.23. The second kappa shape index (κ2) is 38.8. The molecule has 30 heteroatoms. The minimum atomic E-state index is -1.86. The zero-order chi connectivity index (χ0) is 53.4. The summed E-state index contributed by atoms with van der Waals surface area (Å²) in [6.45, 7) is 7.43. The van der Waals surface area contributed by atoms with Crippen LogP contribution in [0.15, 0.2) is 0 Å². The van der Waals surface area contributed by atoms with Gasteiger partial charge in [0.2, 0.25) is 76.8 Å². The summed E-state index contributed by atoms with van der Waals surface area (Å²) < 4.78 is 0. The zero-order valence-corrected chi connectivity index (χ0v) is 41.2. The Kier molecular flexibility index (Phi) is 39.9. The number of carbonyl (C=O) groups is 14. The van der Waals surface area contributed by atoms with Crippen LogP contribution in [-0.4, -0.2) is 161 Å². The summed E-state index contributed by atoms with van der Waals surface area (Å²) in [7, 11) is 1.89. The van der Waals surface area contributed by atoms with E-state index < -0.39 is 170 Å². The average molecular weight is 1110 g/mol. The molecule has 1 fully saturated rings. The van der Waals surface area contributed by atoms with Gasteiger partial charge in [-0.3, -0.25) is 67.1 Å². The first-order valence-electron chi connectivity index (χ1n) is 21.8. The van der Waals surface area contributed by atoms with E-state index in [1.807, 2.05) is 0 Å². The van der Waals surface area contributed by atoms with Gasteiger partial charge in [0.25, 0.3) is 0 Å². The van der Waals surface area contributed by atoms with E-state index in [4.69, 9.17) is 17.2 Å². The van der Waals surface area contributed by atoms with Gasteiger partial charge in [-0.1, -0.05) is 86.4 Å². The molecule has 0 bridgehead atoms. The number of hydrogen-bond acceptors (Lipinski definition) is 16. The van der Waals surface area contributed by atoms with E-state index in [9.17, 15) is 72.2 Å². The molecule has 1 aliphatic heterocycles. The summed E-state index contributed by atoms with van der Waals surface area (Å²) in [4.78, 5) is 180. The van der Waals surface area contributed by atoms with E-state index >= 15 is 0 Å². The summed E-state index contributed by atoms with van der Waals surface area (Å²) in [6.07, 6.45) is -2.82. The van der Waals surface area contributed by atoms with Gasteiger partial charge in [-0.25, -0.2) is 0 Å². The highest BCUT2D eigenvalue weighted by molar-refractivity contribution is 8.76. The first kappa shape index (κ1) is 77.2. The van der Waals surface area contributed by atoms with Crippen LogP contribution < -0.4 is 70.4 Å². The lowest BCUT2D eigenvalue weighted by molar-refractivity contribution is -0.142. The molecular formula is C45H85N13O15S2. The predicted octanol–water partition coefficient (Wildman–Crippen LogP) is -3.09. The Morgan fingerprint density at radius 3 is 1.45 bits per heavy atom. The number of hydrogen-bond donors (Lipinski definition) is 14. The highest BCUT2D eigenvalue weighted by Gasteiger charge is 2.35. The Morgan fingerprint density at radius 2 is 0.987 bits per heavy atom. The van der Waals surface area contributed by atoms with Gasteiger partial charge in [-0.15, -0.1) is 0 Å². The lowest BCUT2D eigenvalue weighted by Crippen LogP contribution is -2.60. The number of nitrogens with one attached hydrogen (secondary N) is 10. The van der Waals surface area contributed by atoms with Crippen LogP contribution in [0, 0.1) is 11.8 Å². The number of aliphatic carboxylic acids is 1. The molecule has 0 aliphatic carbocycles. The standard InChI is InChI=1S/C40H65N13O15S2.5CH4/c1-17(2)9-22-38(66)46-19(5)34(62)50-24(11-29(42)56)35(63)44-14-31(58)49-26(33(43)61)15-69-70-16-27(47-20(6)54)36(64)45-13-30(57)48-21(7-8-28(41)55)37(65)51-23(10-18(3)4)39(67)53-25(12-32(59)60)40(68)52-22;;;;;/h17-19,21-27H,7-16H2,1-6H3,(H2,41,55)(H2,42,56)(H2,43,61)(H,44,63)(H,45,64)(H,46,66)(H,47,54)(H,48,57)(H,49,58)(H,50,62)(H,51,65)(H,52,68)(H,53,67)(H,59,60);5*1H4. The van der Waals surface area contributed by atoms with Crippen molar-refractivity contribution in [3.8, 4) is 0 Å². The van der Waals surface area contributed by atoms with Gasteiger partial charge in [0.05, 0.1) is 25.9 Å². The van der Waals surface area contributed by atoms with Crippen LogP contribution in [0.2, 0.25) is 0 Å². The first-order chi connectivity index (χ1) is 32.6. The minimum absolute atomic E-state index is 0. The fraction of sp³-hybridized carbons (Fsp3) is 0.689. The maximum absolute atomic E-state index is 13.8. The Labute approximate surface area is 447 Å². The predicted molar refractivity (Wildman–Crippen MR) is 284 cm³/mol. The average Bonchev–Trinajstić information content (AvgIpc) is 3.24. The zero-order valence-electron chi connectivity index (χ0n) is 39.6. The molecule has 13 amide bonds. The molecular weight excluding hydrogens is 1030 g/mol. The molecule has 8 atom stereocenters. The van der Waals surface area contributed by atoms with Crippen molar-refractivity contribution in [1.29, 1.82) is 0 Å². The Hall–Kier alpha value is -6.72. The SMILES string of the molecule is C.C.C.C.C.CC(=O)NC1CSSCC(C(N)=O)NC(=O)CNC(=O)C(CC(N)=O)NC(=O)C(C)NC(=O)C(CC(C)C)NC(=O)C(CC(=O)O)NC(=O)C(CC(C)C)NC(=O)C(CCC(N)=O)NC(=O)CNC1=O. The van der Waals surface area contributed by atoms with Gasteiger partial charge in [0.1, 0.15) is 48.3 Å². The van der Waals surface area contributed by atoms with Crippen molar-refractivity contribution < 1.29 is 72.2 Å². The maximum Gasteiger partial charge on any atom is 0.305 e. The van der Waals surface area contributed by atoms with Crippen molar-refractivity contribution in [2.45, 2.75) is 166 Å². The first-order valence-corrected chi connectivity index (χ1v) is 24.3. The summed E-state index contributed by atoms with van der Waals surface area (Å²) in [5.74, 6) is -15.2. The van der Waals surface area contributed by atoms with E-state index in [2.05, 4.69) is 53.2 Å². The van der Waals surface area contributed by atoms with Crippen LogP contribution in [0.4, 0.5) is 0 Å². The number of carboxylic acids is 1. The van der Waals surface area contributed by atoms with E-state index in [0.717, 1.165) is 28.5 Å². The molecule has 17 N–H and O–H groups in total. The van der Waals surface area contributed by atoms with Gasteiger partial charge in [-0.05, 0) is 38.0 Å². The normalized spacial score (nSPS) is 23.4. The van der Waals surface area contributed by atoms with Crippen LogP contribution in [-0.2, 0) is 67.1 Å². The number of carboxylic acid groups (broad SMARTS) is 1. The van der Waals surface area contributed by atoms with Crippen molar-refractivity contribution in [2.24, 2.45) is 29.0 Å². The number of primary amides is 3. The minimum Gasteiger partial charge on any atom is -0.481 e. The Bertz CT molecular complexity index is 1980. The van der Waals surface area contributed by atoms with E-state index in [0.29, 0.717) is 0 Å².